The minimum atomic E-state index is -0.121. The molecular weight excluding hydrogens is 230 g/mol. The molecule has 2 aromatic rings. The lowest BCUT2D eigenvalue weighted by atomic mass is 10.3. The quantitative estimate of drug-likeness (QED) is 0.793. The molecule has 0 atom stereocenters. The second-order valence-electron chi connectivity index (χ2n) is 4.20. The second-order valence-corrected chi connectivity index (χ2v) is 4.20. The van der Waals surface area contributed by atoms with Crippen molar-refractivity contribution in [2.75, 3.05) is 6.54 Å². The number of imidazole rings is 1. The molecule has 0 saturated heterocycles. The lowest BCUT2D eigenvalue weighted by Crippen LogP contribution is -2.25. The summed E-state index contributed by atoms with van der Waals surface area (Å²) >= 11 is 0. The van der Waals surface area contributed by atoms with Crippen LogP contribution in [-0.2, 0) is 13.6 Å². The highest BCUT2D eigenvalue weighted by Gasteiger charge is 2.09. The van der Waals surface area contributed by atoms with Crippen LogP contribution in [0.25, 0.3) is 0 Å². The normalized spacial score (nSPS) is 10.6. The van der Waals surface area contributed by atoms with Gasteiger partial charge in [0, 0.05) is 38.2 Å². The van der Waals surface area contributed by atoms with Gasteiger partial charge in [0.05, 0.1) is 6.33 Å². The fourth-order valence-corrected chi connectivity index (χ4v) is 1.64. The molecule has 0 aliphatic rings. The molecule has 0 aliphatic heterocycles. The molecule has 2 rings (SSSR count). The number of nitrogens with one attached hydrogen (secondary N) is 1. The molecule has 1 N–H and O–H groups in total. The third-order valence-corrected chi connectivity index (χ3v) is 2.78. The van der Waals surface area contributed by atoms with E-state index in [0.717, 1.165) is 18.7 Å². The largest absolute Gasteiger partial charge is 0.351 e. The average Bonchev–Trinajstić information content (AvgIpc) is 2.96. The molecule has 0 spiro atoms. The van der Waals surface area contributed by atoms with E-state index in [0.29, 0.717) is 12.2 Å². The van der Waals surface area contributed by atoms with Gasteiger partial charge in [0.15, 0.2) is 0 Å². The van der Waals surface area contributed by atoms with Gasteiger partial charge in [0.1, 0.15) is 5.69 Å². The fourth-order valence-electron chi connectivity index (χ4n) is 1.64. The molecule has 18 heavy (non-hydrogen) atoms. The molecule has 6 nitrogen and oxygen atoms in total. The minimum absolute atomic E-state index is 0.121. The highest BCUT2D eigenvalue weighted by molar-refractivity contribution is 5.92. The number of hydrogen-bond donors (Lipinski definition) is 1. The van der Waals surface area contributed by atoms with Crippen LogP contribution in [0.15, 0.2) is 24.8 Å². The first-order valence-electron chi connectivity index (χ1n) is 5.91. The third kappa shape index (κ3) is 2.97. The zero-order valence-electron chi connectivity index (χ0n) is 10.6. The molecule has 0 aromatic carbocycles. The van der Waals surface area contributed by atoms with E-state index in [4.69, 9.17) is 0 Å². The van der Waals surface area contributed by atoms with Crippen LogP contribution in [0, 0.1) is 6.92 Å². The van der Waals surface area contributed by atoms with Crippen molar-refractivity contribution in [3.05, 3.63) is 36.2 Å². The summed E-state index contributed by atoms with van der Waals surface area (Å²) in [5.41, 5.74) is 1.44. The van der Waals surface area contributed by atoms with Crippen molar-refractivity contribution in [1.29, 1.82) is 0 Å². The van der Waals surface area contributed by atoms with Crippen LogP contribution in [0.4, 0.5) is 0 Å². The lowest BCUT2D eigenvalue weighted by molar-refractivity contribution is 0.0947. The molecule has 0 aliphatic carbocycles. The summed E-state index contributed by atoms with van der Waals surface area (Å²) < 4.78 is 3.68. The van der Waals surface area contributed by atoms with E-state index in [-0.39, 0.29) is 5.91 Å². The van der Waals surface area contributed by atoms with Crippen molar-refractivity contribution in [3.8, 4) is 0 Å². The van der Waals surface area contributed by atoms with E-state index in [1.807, 2.05) is 24.7 Å². The Kier molecular flexibility index (Phi) is 3.76. The molecule has 6 heteroatoms. The van der Waals surface area contributed by atoms with Gasteiger partial charge in [0.2, 0.25) is 0 Å². The van der Waals surface area contributed by atoms with Gasteiger partial charge in [-0.25, -0.2) is 4.98 Å². The maximum Gasteiger partial charge on any atom is 0.271 e. The summed E-state index contributed by atoms with van der Waals surface area (Å²) in [6.07, 6.45) is 6.29. The first-order chi connectivity index (χ1) is 8.66. The highest BCUT2D eigenvalue weighted by atomic mass is 16.1. The number of rotatable bonds is 5. The molecule has 2 aromatic heterocycles. The van der Waals surface area contributed by atoms with Crippen LogP contribution in [0.5, 0.6) is 0 Å². The van der Waals surface area contributed by atoms with E-state index >= 15 is 0 Å². The van der Waals surface area contributed by atoms with Crippen molar-refractivity contribution in [3.63, 3.8) is 0 Å². The molecule has 0 unspecified atom stereocenters. The number of carbonyl (C=O) groups excluding carboxylic acids is 1. The van der Waals surface area contributed by atoms with Gasteiger partial charge >= 0.3 is 0 Å². The van der Waals surface area contributed by atoms with Crippen LogP contribution < -0.4 is 5.32 Å². The second kappa shape index (κ2) is 5.48. The highest BCUT2D eigenvalue weighted by Crippen LogP contribution is 2.00. The maximum absolute atomic E-state index is 11.8. The molecule has 1 amide bonds. The van der Waals surface area contributed by atoms with E-state index in [1.165, 1.54) is 0 Å². The Hall–Kier alpha value is -2.11. The van der Waals surface area contributed by atoms with Crippen molar-refractivity contribution < 1.29 is 4.79 Å². The van der Waals surface area contributed by atoms with E-state index < -0.39 is 0 Å². The number of aryl methyl sites for hydroxylation is 3. The number of nitrogens with zero attached hydrogens (tertiary/aromatic N) is 4. The monoisotopic (exact) mass is 247 g/mol. The maximum atomic E-state index is 11.8. The van der Waals surface area contributed by atoms with Crippen molar-refractivity contribution in [1.82, 2.24) is 24.6 Å². The number of amides is 1. The topological polar surface area (TPSA) is 64.7 Å². The van der Waals surface area contributed by atoms with E-state index in [1.54, 1.807) is 23.3 Å². The van der Waals surface area contributed by atoms with Gasteiger partial charge in [-0.05, 0) is 19.4 Å². The number of aromatic nitrogens is 4. The summed E-state index contributed by atoms with van der Waals surface area (Å²) in [6, 6.07) is 1.78. The third-order valence-electron chi connectivity index (χ3n) is 2.78. The Morgan fingerprint density at radius 2 is 2.33 bits per heavy atom. The average molecular weight is 247 g/mol. The summed E-state index contributed by atoms with van der Waals surface area (Å²) in [7, 11) is 1.82. The predicted molar refractivity (Wildman–Crippen MR) is 67.1 cm³/mol. The van der Waals surface area contributed by atoms with Crippen LogP contribution in [0.3, 0.4) is 0 Å². The molecule has 2 heterocycles. The van der Waals surface area contributed by atoms with Crippen molar-refractivity contribution in [2.24, 2.45) is 7.05 Å². The van der Waals surface area contributed by atoms with Gasteiger partial charge in [-0.2, -0.15) is 5.10 Å². The van der Waals surface area contributed by atoms with Gasteiger partial charge < -0.3 is 9.88 Å². The standard InChI is InChI=1S/C12H17N5O/c1-10-8-11(15-16(10)2)12(18)14-4-3-6-17-7-5-13-9-17/h5,7-9H,3-4,6H2,1-2H3,(H,14,18). The number of carbonyl (C=O) groups is 1. The zero-order valence-corrected chi connectivity index (χ0v) is 10.6. The Morgan fingerprint density at radius 3 is 2.94 bits per heavy atom. The molecule has 0 radical (unpaired) electrons. The number of hydrogen-bond acceptors (Lipinski definition) is 3. The Bertz CT molecular complexity index is 495. The summed E-state index contributed by atoms with van der Waals surface area (Å²) in [6.45, 7) is 3.40. The van der Waals surface area contributed by atoms with Crippen LogP contribution >= 0.6 is 0 Å². The van der Waals surface area contributed by atoms with E-state index in [2.05, 4.69) is 15.4 Å². The fraction of sp³-hybridized carbons (Fsp3) is 0.417. The van der Waals surface area contributed by atoms with Gasteiger partial charge in [0.25, 0.3) is 5.91 Å². The van der Waals surface area contributed by atoms with Crippen LogP contribution in [0.2, 0.25) is 0 Å². The van der Waals surface area contributed by atoms with Crippen molar-refractivity contribution >= 4 is 5.91 Å². The Morgan fingerprint density at radius 1 is 1.50 bits per heavy atom. The molecular formula is C12H17N5O. The molecule has 0 fully saturated rings. The van der Waals surface area contributed by atoms with Crippen LogP contribution in [0.1, 0.15) is 22.6 Å². The Labute approximate surface area is 106 Å². The lowest BCUT2D eigenvalue weighted by Gasteiger charge is -2.03. The smallest absolute Gasteiger partial charge is 0.271 e. The van der Waals surface area contributed by atoms with Crippen LogP contribution in [-0.4, -0.2) is 31.8 Å². The van der Waals surface area contributed by atoms with Gasteiger partial charge in [-0.3, -0.25) is 9.48 Å². The summed E-state index contributed by atoms with van der Waals surface area (Å²) in [5, 5.41) is 6.98. The van der Waals surface area contributed by atoms with Gasteiger partial charge in [-0.1, -0.05) is 0 Å². The Balaban J connectivity index is 1.75. The predicted octanol–water partition coefficient (Wildman–Crippen LogP) is 0.745. The van der Waals surface area contributed by atoms with Crippen molar-refractivity contribution in [2.45, 2.75) is 19.9 Å². The SMILES string of the molecule is Cc1cc(C(=O)NCCCn2ccnc2)nn1C. The molecule has 0 saturated carbocycles. The zero-order chi connectivity index (χ0) is 13.0. The minimum Gasteiger partial charge on any atom is -0.351 e. The molecule has 96 valence electrons. The first-order valence-corrected chi connectivity index (χ1v) is 5.91. The molecule has 0 bridgehead atoms. The van der Waals surface area contributed by atoms with E-state index in [9.17, 15) is 4.79 Å². The summed E-state index contributed by atoms with van der Waals surface area (Å²) in [4.78, 5) is 15.7. The summed E-state index contributed by atoms with van der Waals surface area (Å²) in [5.74, 6) is -0.121. The first kappa shape index (κ1) is 12.3. The van der Waals surface area contributed by atoms with Gasteiger partial charge in [-0.15, -0.1) is 0 Å².